The summed E-state index contributed by atoms with van der Waals surface area (Å²) in [6.45, 7) is 5.90. The zero-order chi connectivity index (χ0) is 20.0. The standard InChI is InChI=1S/C17H31NO7S/c1-17(2,3)25-16(20)18-11-7-6-10-14(18)13(15(19)23-4)9-8-12-24-26(5,21)22/h13-14H,6-12H2,1-5H3/t13-,14-/m0/s1. The summed E-state index contributed by atoms with van der Waals surface area (Å²) in [6.07, 6.45) is 3.70. The van der Waals surface area contributed by atoms with E-state index in [9.17, 15) is 18.0 Å². The molecule has 1 saturated heterocycles. The van der Waals surface area contributed by atoms with Gasteiger partial charge in [0.05, 0.1) is 25.9 Å². The highest BCUT2D eigenvalue weighted by atomic mass is 32.2. The molecule has 1 heterocycles. The normalized spacial score (nSPS) is 19.7. The highest BCUT2D eigenvalue weighted by Crippen LogP contribution is 2.29. The number of methoxy groups -OCH3 is 1. The third-order valence-corrected chi connectivity index (χ3v) is 4.70. The largest absolute Gasteiger partial charge is 0.469 e. The number of nitrogens with zero attached hydrogens (tertiary/aromatic N) is 1. The number of amides is 1. The maximum absolute atomic E-state index is 12.5. The van der Waals surface area contributed by atoms with Crippen LogP contribution in [0.1, 0.15) is 52.9 Å². The SMILES string of the molecule is COC(=O)[C@@H](CCCOS(C)(=O)=O)[C@@H]1CCCCN1C(=O)OC(C)(C)C. The Labute approximate surface area is 156 Å². The van der Waals surface area contributed by atoms with Gasteiger partial charge in [0.1, 0.15) is 5.60 Å². The number of hydrogen-bond acceptors (Lipinski definition) is 7. The smallest absolute Gasteiger partial charge is 0.410 e. The fourth-order valence-electron chi connectivity index (χ4n) is 3.06. The molecule has 1 amide bonds. The Morgan fingerprint density at radius 2 is 1.88 bits per heavy atom. The van der Waals surface area contributed by atoms with Gasteiger partial charge in [-0.3, -0.25) is 8.98 Å². The van der Waals surface area contributed by atoms with E-state index in [2.05, 4.69) is 0 Å². The minimum absolute atomic E-state index is 0.00845. The van der Waals surface area contributed by atoms with Gasteiger partial charge in [0.15, 0.2) is 0 Å². The molecular formula is C17H31NO7S. The summed E-state index contributed by atoms with van der Waals surface area (Å²) in [5.74, 6) is -0.958. The first kappa shape index (κ1) is 22.7. The molecule has 0 bridgehead atoms. The molecule has 9 heteroatoms. The van der Waals surface area contributed by atoms with Gasteiger partial charge < -0.3 is 14.4 Å². The molecule has 8 nitrogen and oxygen atoms in total. The Balaban J connectivity index is 2.84. The van der Waals surface area contributed by atoms with E-state index in [0.717, 1.165) is 19.1 Å². The first-order valence-corrected chi connectivity index (χ1v) is 10.7. The van der Waals surface area contributed by atoms with Gasteiger partial charge in [-0.1, -0.05) is 0 Å². The molecule has 152 valence electrons. The Bertz CT molecular complexity index is 582. The topological polar surface area (TPSA) is 99.2 Å². The number of carbonyl (C=O) groups is 2. The van der Waals surface area contributed by atoms with Crippen molar-refractivity contribution in [3.63, 3.8) is 0 Å². The van der Waals surface area contributed by atoms with Gasteiger partial charge in [-0.25, -0.2) is 4.79 Å². The van der Waals surface area contributed by atoms with Gasteiger partial charge >= 0.3 is 12.1 Å². The lowest BCUT2D eigenvalue weighted by Crippen LogP contribution is -2.51. The molecule has 0 aromatic rings. The molecular weight excluding hydrogens is 362 g/mol. The molecule has 0 aromatic heterocycles. The zero-order valence-electron chi connectivity index (χ0n) is 16.3. The molecule has 0 saturated carbocycles. The molecule has 1 rings (SSSR count). The van der Waals surface area contributed by atoms with Crippen LogP contribution in [0, 0.1) is 5.92 Å². The highest BCUT2D eigenvalue weighted by molar-refractivity contribution is 7.85. The summed E-state index contributed by atoms with van der Waals surface area (Å²) in [5.41, 5.74) is -0.622. The highest BCUT2D eigenvalue weighted by Gasteiger charge is 2.38. The van der Waals surface area contributed by atoms with Crippen LogP contribution < -0.4 is 0 Å². The van der Waals surface area contributed by atoms with Crippen LogP contribution in [0.2, 0.25) is 0 Å². The van der Waals surface area contributed by atoms with Crippen molar-refractivity contribution >= 4 is 22.2 Å². The maximum Gasteiger partial charge on any atom is 0.410 e. The number of ether oxygens (including phenoxy) is 2. The van der Waals surface area contributed by atoms with Crippen molar-refractivity contribution in [2.45, 2.75) is 64.5 Å². The van der Waals surface area contributed by atoms with Crippen LogP contribution in [0.5, 0.6) is 0 Å². The molecule has 0 aliphatic carbocycles. The Morgan fingerprint density at radius 1 is 1.23 bits per heavy atom. The van der Waals surface area contributed by atoms with Gasteiger partial charge in [0.25, 0.3) is 10.1 Å². The third kappa shape index (κ3) is 7.90. The minimum atomic E-state index is -3.52. The van der Waals surface area contributed by atoms with Crippen molar-refractivity contribution in [1.29, 1.82) is 0 Å². The van der Waals surface area contributed by atoms with E-state index < -0.39 is 33.7 Å². The predicted octanol–water partition coefficient (Wildman–Crippen LogP) is 2.32. The number of hydrogen-bond donors (Lipinski definition) is 0. The summed E-state index contributed by atoms with van der Waals surface area (Å²) in [5, 5.41) is 0. The lowest BCUT2D eigenvalue weighted by molar-refractivity contribution is -0.148. The fourth-order valence-corrected chi connectivity index (χ4v) is 3.48. The van der Waals surface area contributed by atoms with Crippen LogP contribution in [0.15, 0.2) is 0 Å². The monoisotopic (exact) mass is 393 g/mol. The molecule has 0 aromatic carbocycles. The quantitative estimate of drug-likeness (QED) is 0.372. The van der Waals surface area contributed by atoms with Crippen LogP contribution >= 0.6 is 0 Å². The molecule has 1 aliphatic heterocycles. The number of carbonyl (C=O) groups excluding carboxylic acids is 2. The molecule has 0 unspecified atom stereocenters. The summed E-state index contributed by atoms with van der Waals surface area (Å²) in [6, 6.07) is -0.329. The average molecular weight is 394 g/mol. The average Bonchev–Trinajstić information content (AvgIpc) is 2.51. The van der Waals surface area contributed by atoms with Crippen LogP contribution in [0.3, 0.4) is 0 Å². The Hall–Kier alpha value is -1.35. The van der Waals surface area contributed by atoms with Crippen molar-refractivity contribution in [3.8, 4) is 0 Å². The second-order valence-electron chi connectivity index (χ2n) is 7.53. The molecule has 1 aliphatic rings. The summed E-state index contributed by atoms with van der Waals surface area (Å²) < 4.78 is 37.2. The van der Waals surface area contributed by atoms with E-state index in [4.69, 9.17) is 13.7 Å². The van der Waals surface area contributed by atoms with Crippen LogP contribution in [-0.2, 0) is 28.6 Å². The summed E-state index contributed by atoms with van der Waals surface area (Å²) in [7, 11) is -2.21. The van der Waals surface area contributed by atoms with Crippen LogP contribution in [-0.4, -0.2) is 63.5 Å². The van der Waals surface area contributed by atoms with Crippen molar-refractivity contribution in [1.82, 2.24) is 4.90 Å². The van der Waals surface area contributed by atoms with Crippen molar-refractivity contribution < 1.29 is 31.7 Å². The molecule has 0 N–H and O–H groups in total. The first-order chi connectivity index (χ1) is 11.9. The number of rotatable bonds is 7. The first-order valence-electron chi connectivity index (χ1n) is 8.86. The predicted molar refractivity (Wildman–Crippen MR) is 96.1 cm³/mol. The van der Waals surface area contributed by atoms with Crippen LogP contribution in [0.4, 0.5) is 4.79 Å². The van der Waals surface area contributed by atoms with Gasteiger partial charge in [-0.15, -0.1) is 0 Å². The number of likely N-dealkylation sites (tertiary alicyclic amines) is 1. The zero-order valence-corrected chi connectivity index (χ0v) is 17.1. The third-order valence-electron chi connectivity index (χ3n) is 4.10. The van der Waals surface area contributed by atoms with E-state index in [-0.39, 0.29) is 12.6 Å². The lowest BCUT2D eigenvalue weighted by atomic mass is 9.87. The van der Waals surface area contributed by atoms with Gasteiger partial charge in [0.2, 0.25) is 0 Å². The summed E-state index contributed by atoms with van der Waals surface area (Å²) in [4.78, 5) is 26.4. The summed E-state index contributed by atoms with van der Waals surface area (Å²) >= 11 is 0. The maximum atomic E-state index is 12.5. The number of piperidine rings is 1. The lowest BCUT2D eigenvalue weighted by Gasteiger charge is -2.39. The van der Waals surface area contributed by atoms with Crippen LogP contribution in [0.25, 0.3) is 0 Å². The van der Waals surface area contributed by atoms with E-state index in [1.165, 1.54) is 7.11 Å². The molecule has 0 radical (unpaired) electrons. The van der Waals surface area contributed by atoms with E-state index in [1.54, 1.807) is 25.7 Å². The second-order valence-corrected chi connectivity index (χ2v) is 9.18. The molecule has 26 heavy (non-hydrogen) atoms. The van der Waals surface area contributed by atoms with Crippen molar-refractivity contribution in [2.75, 3.05) is 26.5 Å². The minimum Gasteiger partial charge on any atom is -0.469 e. The van der Waals surface area contributed by atoms with Crippen molar-refractivity contribution in [2.24, 2.45) is 5.92 Å². The Kier molecular flexibility index (Phi) is 8.33. The van der Waals surface area contributed by atoms with Crippen molar-refractivity contribution in [3.05, 3.63) is 0 Å². The number of esters is 1. The second kappa shape index (κ2) is 9.55. The fraction of sp³-hybridized carbons (Fsp3) is 0.882. The van der Waals surface area contributed by atoms with E-state index in [1.807, 2.05) is 0 Å². The molecule has 1 fully saturated rings. The van der Waals surface area contributed by atoms with Gasteiger partial charge in [0, 0.05) is 12.6 Å². The van der Waals surface area contributed by atoms with Gasteiger partial charge in [-0.05, 0) is 52.9 Å². The van der Waals surface area contributed by atoms with E-state index in [0.29, 0.717) is 25.8 Å². The Morgan fingerprint density at radius 3 is 2.42 bits per heavy atom. The molecule has 0 spiro atoms. The molecule has 2 atom stereocenters. The van der Waals surface area contributed by atoms with E-state index >= 15 is 0 Å². The van der Waals surface area contributed by atoms with Gasteiger partial charge in [-0.2, -0.15) is 8.42 Å².